The summed E-state index contributed by atoms with van der Waals surface area (Å²) in [6.45, 7) is 1.87. The van der Waals surface area contributed by atoms with Crippen LogP contribution in [0.3, 0.4) is 0 Å². The normalized spacial score (nSPS) is 14.8. The Balaban J connectivity index is 0.00000223. The van der Waals surface area contributed by atoms with Crippen LogP contribution in [0.15, 0.2) is 98.7 Å². The molecule has 0 saturated carbocycles. The molecule has 0 fully saturated rings. The largest absolute Gasteiger partial charge is 1.00 e. The van der Waals surface area contributed by atoms with Crippen molar-refractivity contribution in [1.29, 1.82) is 0 Å². The number of rotatable bonds is 6. The molecular weight excluding hydrogens is 674 g/mol. The second kappa shape index (κ2) is 17.6. The van der Waals surface area contributed by atoms with Crippen molar-refractivity contribution in [3.63, 3.8) is 0 Å². The number of aliphatic imine (C=N–C) groups is 2. The van der Waals surface area contributed by atoms with Gasteiger partial charge in [-0.2, -0.15) is 5.10 Å². The van der Waals surface area contributed by atoms with Gasteiger partial charge < -0.3 is 36.1 Å². The first-order chi connectivity index (χ1) is 17.3. The number of hydrogen-bond acceptors (Lipinski definition) is 7. The second-order valence-electron chi connectivity index (χ2n) is 6.85. The minimum atomic E-state index is -0.235. The van der Waals surface area contributed by atoms with E-state index in [1.807, 2.05) is 6.92 Å². The molecule has 201 valence electrons. The summed E-state index contributed by atoms with van der Waals surface area (Å²) >= 11 is 25.9. The number of ketones is 1. The van der Waals surface area contributed by atoms with Gasteiger partial charge >= 0.3 is 42.3 Å². The molecule has 37 heavy (non-hydrogen) atoms. The van der Waals surface area contributed by atoms with Crippen LogP contribution >= 0.6 is 33.3 Å². The summed E-state index contributed by atoms with van der Waals surface area (Å²) in [5.41, 5.74) is 11.0. The van der Waals surface area contributed by atoms with Gasteiger partial charge in [0.1, 0.15) is 0 Å². The molecule has 3 rings (SSSR count). The Hall–Kier alpha value is -1.91. The first-order valence-electron chi connectivity index (χ1n) is 9.89. The number of carbonyl (C=O) groups is 1. The van der Waals surface area contributed by atoms with Gasteiger partial charge in [-0.15, -0.1) is 0 Å². The third-order valence-electron chi connectivity index (χ3n) is 4.14. The predicted molar refractivity (Wildman–Crippen MR) is 151 cm³/mol. The summed E-state index contributed by atoms with van der Waals surface area (Å²) in [6, 6.07) is 13.9. The molecule has 0 saturated heterocycles. The van der Waals surface area contributed by atoms with Crippen LogP contribution in [0.1, 0.15) is 6.92 Å². The van der Waals surface area contributed by atoms with Crippen molar-refractivity contribution in [2.75, 3.05) is 0 Å². The van der Waals surface area contributed by atoms with Crippen molar-refractivity contribution in [2.24, 2.45) is 15.1 Å². The molecule has 2 aromatic carbocycles. The van der Waals surface area contributed by atoms with Crippen LogP contribution in [0.5, 0.6) is 0 Å². The van der Waals surface area contributed by atoms with Crippen LogP contribution in [0.2, 0.25) is 10.0 Å². The zero-order valence-corrected chi connectivity index (χ0v) is 24.5. The SMILES string of the molecule is CC1=C/C(=C/NNC([S-])=Nc2cccc(Cl)c2)C(=O)C(/C=N\NC([S-])=Nc2cccc(Cl)c2)=C1.[Cl][Cu+].[Cu+]. The number of nitrogens with one attached hydrogen (secondary N) is 3. The zero-order chi connectivity index (χ0) is 26.5. The Morgan fingerprint density at radius 3 is 2.08 bits per heavy atom. The zero-order valence-electron chi connectivity index (χ0n) is 18.7. The van der Waals surface area contributed by atoms with E-state index in [4.69, 9.17) is 48.5 Å². The van der Waals surface area contributed by atoms with Crippen molar-refractivity contribution in [3.8, 4) is 0 Å². The molecule has 0 amide bonds. The van der Waals surface area contributed by atoms with Gasteiger partial charge in [0.2, 0.25) is 0 Å². The Bertz CT molecular complexity index is 1280. The van der Waals surface area contributed by atoms with Crippen molar-refractivity contribution >= 4 is 92.3 Å². The maximum atomic E-state index is 12.8. The van der Waals surface area contributed by atoms with Crippen LogP contribution in [0, 0.1) is 0 Å². The molecule has 0 spiro atoms. The topological polar surface area (TPSA) is 90.2 Å². The van der Waals surface area contributed by atoms with E-state index < -0.39 is 0 Å². The van der Waals surface area contributed by atoms with E-state index in [9.17, 15) is 4.79 Å². The Labute approximate surface area is 259 Å². The van der Waals surface area contributed by atoms with E-state index in [1.165, 1.54) is 12.4 Å². The number of benzene rings is 2. The molecule has 1 aliphatic rings. The van der Waals surface area contributed by atoms with Crippen LogP contribution in [0.25, 0.3) is 0 Å². The first kappa shape index (κ1) is 33.1. The van der Waals surface area contributed by atoms with E-state index in [1.54, 1.807) is 60.7 Å². The standard InChI is InChI=1S/C23H20Cl2N6OS2.ClH.2Cu/c1-14-8-15(12-26-30-22(33)28-19-6-2-4-17(24)10-19)21(32)16(9-14)13-27-31-23(34)29-20-7-3-5-18(25)11-20;;;/h2-13,26H,1H3,(H2,28,30,33)(H2,29,31,34);1H;;/q;;+1;+2/p-3/b15-12-,27-13-;;;. The summed E-state index contributed by atoms with van der Waals surface area (Å²) < 4.78 is 0. The summed E-state index contributed by atoms with van der Waals surface area (Å²) in [4.78, 5) is 21.2. The summed E-state index contributed by atoms with van der Waals surface area (Å²) in [5, 5.41) is 5.45. The van der Waals surface area contributed by atoms with Crippen molar-refractivity contribution in [1.82, 2.24) is 16.3 Å². The third kappa shape index (κ3) is 12.0. The van der Waals surface area contributed by atoms with Crippen LogP contribution in [-0.2, 0) is 62.2 Å². The minimum Gasteiger partial charge on any atom is 1.00 e. The van der Waals surface area contributed by atoms with E-state index in [0.29, 0.717) is 32.6 Å². The average Bonchev–Trinajstić information content (AvgIpc) is 2.83. The molecule has 0 atom stereocenters. The Morgan fingerprint density at radius 1 is 0.946 bits per heavy atom. The molecule has 0 radical (unpaired) electrons. The summed E-state index contributed by atoms with van der Waals surface area (Å²) in [6.07, 6.45) is 6.34. The molecule has 0 bridgehead atoms. The van der Waals surface area contributed by atoms with E-state index in [-0.39, 0.29) is 33.2 Å². The molecule has 0 unspecified atom stereocenters. The molecule has 1 aliphatic carbocycles. The van der Waals surface area contributed by atoms with Gasteiger partial charge in [0, 0.05) is 32.6 Å². The number of Topliss-reactive ketones (excluding diaryl/α,β-unsaturated/α-hetero) is 1. The number of carbonyl (C=O) groups excluding carboxylic acids is 1. The predicted octanol–water partition coefficient (Wildman–Crippen LogP) is 5.46. The molecule has 3 N–H and O–H groups in total. The molecule has 7 nitrogen and oxygen atoms in total. The summed E-state index contributed by atoms with van der Waals surface area (Å²) in [5.74, 6) is -0.235. The van der Waals surface area contributed by atoms with E-state index in [0.717, 1.165) is 5.57 Å². The molecular formula is C23H18Cl3Cu2N6OS2. The second-order valence-corrected chi connectivity index (χ2v) is 8.50. The molecule has 0 heterocycles. The number of allylic oxidation sites excluding steroid dienone is 5. The maximum Gasteiger partial charge on any atom is 1.00 e. The fourth-order valence-electron chi connectivity index (χ4n) is 2.74. The number of hydrazine groups is 1. The van der Waals surface area contributed by atoms with Gasteiger partial charge in [0.05, 0.1) is 17.6 Å². The third-order valence-corrected chi connectivity index (χ3v) is 4.99. The average molecular weight is 692 g/mol. The van der Waals surface area contributed by atoms with Gasteiger partial charge in [-0.1, -0.05) is 35.3 Å². The van der Waals surface area contributed by atoms with Gasteiger partial charge in [-0.3, -0.25) is 20.2 Å². The number of halogens is 3. The number of nitrogens with zero attached hydrogens (tertiary/aromatic N) is 3. The molecule has 0 aliphatic heterocycles. The fourth-order valence-corrected chi connectivity index (χ4v) is 3.44. The Kier molecular flexibility index (Phi) is 15.7. The summed E-state index contributed by atoms with van der Waals surface area (Å²) in [7, 11) is 4.20. The first-order valence-corrected chi connectivity index (χ1v) is 12.8. The molecule has 0 aromatic heterocycles. The Morgan fingerprint density at radius 2 is 1.51 bits per heavy atom. The van der Waals surface area contributed by atoms with Crippen LogP contribution in [-0.4, -0.2) is 22.3 Å². The number of hydrogen-bond donors (Lipinski definition) is 3. The van der Waals surface area contributed by atoms with E-state index in [2.05, 4.69) is 56.6 Å². The van der Waals surface area contributed by atoms with Gasteiger partial charge in [-0.05, 0) is 66.2 Å². The van der Waals surface area contributed by atoms with Crippen LogP contribution < -0.4 is 16.3 Å². The van der Waals surface area contributed by atoms with Crippen molar-refractivity contribution in [2.45, 2.75) is 6.92 Å². The fraction of sp³-hybridized carbons (Fsp3) is 0.0435. The molecule has 2 aromatic rings. The minimum absolute atomic E-state index is 0. The van der Waals surface area contributed by atoms with E-state index >= 15 is 0 Å². The van der Waals surface area contributed by atoms with Crippen molar-refractivity contribution < 1.29 is 37.0 Å². The smallest absolute Gasteiger partial charge is 1.00 e. The van der Waals surface area contributed by atoms with Crippen LogP contribution in [0.4, 0.5) is 11.4 Å². The number of hydrazone groups is 1. The number of amidine groups is 2. The van der Waals surface area contributed by atoms with Gasteiger partial charge in [0.15, 0.2) is 5.78 Å². The molecule has 14 heteroatoms. The van der Waals surface area contributed by atoms with Crippen molar-refractivity contribution in [3.05, 3.63) is 93.6 Å². The quantitative estimate of drug-likeness (QED) is 0.0933. The monoisotopic (exact) mass is 689 g/mol. The van der Waals surface area contributed by atoms with Gasteiger partial charge in [-0.25, -0.2) is 0 Å². The van der Waals surface area contributed by atoms with Gasteiger partial charge in [0.25, 0.3) is 0 Å². The maximum absolute atomic E-state index is 12.8.